The summed E-state index contributed by atoms with van der Waals surface area (Å²) in [6.07, 6.45) is 0. The Morgan fingerprint density at radius 1 is 1.38 bits per heavy atom. The minimum atomic E-state index is -3.49. The lowest BCUT2D eigenvalue weighted by atomic mass is 10.2. The third kappa shape index (κ3) is 4.26. The van der Waals surface area contributed by atoms with Crippen molar-refractivity contribution in [2.24, 2.45) is 0 Å². The molecule has 0 spiro atoms. The molecule has 0 aromatic heterocycles. The van der Waals surface area contributed by atoms with Gasteiger partial charge in [-0.3, -0.25) is 0 Å². The Morgan fingerprint density at radius 3 is 2.44 bits per heavy atom. The Bertz CT molecular complexity index is 430. The number of sulfonamides is 1. The van der Waals surface area contributed by atoms with E-state index in [1.807, 2.05) is 0 Å². The van der Waals surface area contributed by atoms with Gasteiger partial charge in [0.25, 0.3) is 0 Å². The lowest BCUT2D eigenvalue weighted by Gasteiger charge is -2.11. The summed E-state index contributed by atoms with van der Waals surface area (Å²) in [5.41, 5.74) is 0.499. The van der Waals surface area contributed by atoms with Gasteiger partial charge in [-0.15, -0.1) is 0 Å². The predicted octanol–water partition coefficient (Wildman–Crippen LogP) is 0.626. The molecule has 0 saturated carbocycles. The summed E-state index contributed by atoms with van der Waals surface area (Å²) >= 11 is 0. The quantitative estimate of drug-likeness (QED) is 0.802. The average Bonchev–Trinajstić information content (AvgIpc) is 2.20. The van der Waals surface area contributed by atoms with Gasteiger partial charge in [0.2, 0.25) is 10.0 Å². The molecule has 0 aliphatic rings. The van der Waals surface area contributed by atoms with Crippen LogP contribution < -0.4 is 4.72 Å². The highest BCUT2D eigenvalue weighted by atomic mass is 32.2. The summed E-state index contributed by atoms with van der Waals surface area (Å²) in [5.74, 6) is -0.629. The number of rotatable bonds is 5. The van der Waals surface area contributed by atoms with Gasteiger partial charge in [0, 0.05) is 6.04 Å². The number of aliphatic hydroxyl groups excluding tert-OH is 1. The molecule has 1 atom stereocenters. The molecule has 0 aliphatic heterocycles. The fourth-order valence-electron chi connectivity index (χ4n) is 1.19. The predicted molar refractivity (Wildman–Crippen MR) is 58.7 cm³/mol. The molecule has 4 nitrogen and oxygen atoms in total. The summed E-state index contributed by atoms with van der Waals surface area (Å²) in [4.78, 5) is 0. The SMILES string of the molecule is CC(CO)NS(=O)(=O)Cc1ccc(F)cc1. The molecule has 90 valence electrons. The molecule has 16 heavy (non-hydrogen) atoms. The molecular weight excluding hydrogens is 233 g/mol. The smallest absolute Gasteiger partial charge is 0.216 e. The van der Waals surface area contributed by atoms with E-state index in [0.29, 0.717) is 5.56 Å². The van der Waals surface area contributed by atoms with Gasteiger partial charge in [-0.2, -0.15) is 0 Å². The summed E-state index contributed by atoms with van der Waals surface area (Å²) in [7, 11) is -3.49. The second-order valence-electron chi connectivity index (χ2n) is 3.59. The minimum Gasteiger partial charge on any atom is -0.395 e. The molecule has 0 amide bonds. The molecule has 0 aliphatic carbocycles. The standard InChI is InChI=1S/C10H14FNO3S/c1-8(6-13)12-16(14,15)7-9-2-4-10(11)5-3-9/h2-5,8,12-13H,6-7H2,1H3. The van der Waals surface area contributed by atoms with Crippen LogP contribution in [0.4, 0.5) is 4.39 Å². The van der Waals surface area contributed by atoms with Crippen LogP contribution in [0.15, 0.2) is 24.3 Å². The Kier molecular flexibility index (Phi) is 4.40. The molecule has 6 heteroatoms. The minimum absolute atomic E-state index is 0.225. The molecule has 0 heterocycles. The van der Waals surface area contributed by atoms with Crippen molar-refractivity contribution in [3.63, 3.8) is 0 Å². The topological polar surface area (TPSA) is 66.4 Å². The lowest BCUT2D eigenvalue weighted by molar-refractivity contribution is 0.265. The molecule has 1 unspecified atom stereocenters. The maximum atomic E-state index is 12.6. The zero-order valence-corrected chi connectivity index (χ0v) is 9.67. The first kappa shape index (κ1) is 13.1. The number of hydrogen-bond donors (Lipinski definition) is 2. The first-order valence-electron chi connectivity index (χ1n) is 4.78. The van der Waals surface area contributed by atoms with Crippen molar-refractivity contribution < 1.29 is 17.9 Å². The van der Waals surface area contributed by atoms with Gasteiger partial charge in [-0.25, -0.2) is 17.5 Å². The largest absolute Gasteiger partial charge is 0.395 e. The van der Waals surface area contributed by atoms with Crippen molar-refractivity contribution in [1.29, 1.82) is 0 Å². The van der Waals surface area contributed by atoms with Crippen molar-refractivity contribution in [3.8, 4) is 0 Å². The molecule has 1 rings (SSSR count). The average molecular weight is 247 g/mol. The zero-order valence-electron chi connectivity index (χ0n) is 8.85. The van der Waals surface area contributed by atoms with Crippen LogP contribution in [0.1, 0.15) is 12.5 Å². The third-order valence-corrected chi connectivity index (χ3v) is 3.40. The van der Waals surface area contributed by atoms with Crippen molar-refractivity contribution in [3.05, 3.63) is 35.6 Å². The molecule has 1 aromatic carbocycles. The Balaban J connectivity index is 2.69. The van der Waals surface area contributed by atoms with Crippen molar-refractivity contribution in [1.82, 2.24) is 4.72 Å². The highest BCUT2D eigenvalue weighted by Crippen LogP contribution is 2.07. The van der Waals surface area contributed by atoms with Crippen LogP contribution in [-0.4, -0.2) is 26.2 Å². The van der Waals surface area contributed by atoms with E-state index in [9.17, 15) is 12.8 Å². The normalized spacial score (nSPS) is 13.7. The molecule has 0 bridgehead atoms. The van der Waals surface area contributed by atoms with Gasteiger partial charge in [0.15, 0.2) is 0 Å². The van der Waals surface area contributed by atoms with E-state index < -0.39 is 21.9 Å². The van der Waals surface area contributed by atoms with E-state index >= 15 is 0 Å². The molecular formula is C10H14FNO3S. The van der Waals surface area contributed by atoms with Crippen molar-refractivity contribution in [2.45, 2.75) is 18.7 Å². The molecule has 2 N–H and O–H groups in total. The number of hydrogen-bond acceptors (Lipinski definition) is 3. The van der Waals surface area contributed by atoms with Crippen molar-refractivity contribution in [2.75, 3.05) is 6.61 Å². The number of halogens is 1. The van der Waals surface area contributed by atoms with Crippen LogP contribution in [0.5, 0.6) is 0 Å². The molecule has 0 fully saturated rings. The number of aliphatic hydroxyl groups is 1. The molecule has 1 aromatic rings. The Morgan fingerprint density at radius 2 is 1.94 bits per heavy atom. The van der Waals surface area contributed by atoms with E-state index in [4.69, 9.17) is 5.11 Å². The fourth-order valence-corrected chi connectivity index (χ4v) is 2.59. The van der Waals surface area contributed by atoms with E-state index in [2.05, 4.69) is 4.72 Å². The highest BCUT2D eigenvalue weighted by molar-refractivity contribution is 7.88. The Hall–Kier alpha value is -0.980. The van der Waals surface area contributed by atoms with Crippen LogP contribution in [0.25, 0.3) is 0 Å². The van der Waals surface area contributed by atoms with E-state index in [-0.39, 0.29) is 12.4 Å². The van der Waals surface area contributed by atoms with Gasteiger partial charge >= 0.3 is 0 Å². The Labute approximate surface area is 94.2 Å². The van der Waals surface area contributed by atoms with Crippen LogP contribution in [0.2, 0.25) is 0 Å². The molecule has 0 saturated heterocycles. The highest BCUT2D eigenvalue weighted by Gasteiger charge is 2.14. The fraction of sp³-hybridized carbons (Fsp3) is 0.400. The first-order valence-corrected chi connectivity index (χ1v) is 6.43. The first-order chi connectivity index (χ1) is 7.43. The maximum absolute atomic E-state index is 12.6. The van der Waals surface area contributed by atoms with E-state index in [0.717, 1.165) is 0 Å². The summed E-state index contributed by atoms with van der Waals surface area (Å²) in [6.45, 7) is 1.30. The van der Waals surface area contributed by atoms with Gasteiger partial charge in [0.1, 0.15) is 5.82 Å². The summed E-state index contributed by atoms with van der Waals surface area (Å²) in [5, 5.41) is 8.72. The van der Waals surface area contributed by atoms with Gasteiger partial charge in [0.05, 0.1) is 12.4 Å². The van der Waals surface area contributed by atoms with Crippen LogP contribution in [0, 0.1) is 5.82 Å². The monoisotopic (exact) mass is 247 g/mol. The van der Waals surface area contributed by atoms with Crippen LogP contribution >= 0.6 is 0 Å². The van der Waals surface area contributed by atoms with Gasteiger partial charge < -0.3 is 5.11 Å². The van der Waals surface area contributed by atoms with E-state index in [1.54, 1.807) is 6.92 Å². The maximum Gasteiger partial charge on any atom is 0.216 e. The number of benzene rings is 1. The van der Waals surface area contributed by atoms with Crippen LogP contribution in [0.3, 0.4) is 0 Å². The second-order valence-corrected chi connectivity index (χ2v) is 5.34. The number of nitrogens with one attached hydrogen (secondary N) is 1. The second kappa shape index (κ2) is 5.38. The third-order valence-electron chi connectivity index (χ3n) is 1.92. The summed E-state index contributed by atoms with van der Waals surface area (Å²) < 4.78 is 38.0. The van der Waals surface area contributed by atoms with Crippen LogP contribution in [-0.2, 0) is 15.8 Å². The zero-order chi connectivity index (χ0) is 12.2. The van der Waals surface area contributed by atoms with Gasteiger partial charge in [-0.1, -0.05) is 12.1 Å². The van der Waals surface area contributed by atoms with E-state index in [1.165, 1.54) is 24.3 Å². The summed E-state index contributed by atoms with van der Waals surface area (Å²) in [6, 6.07) is 4.72. The molecule has 0 radical (unpaired) electrons. The van der Waals surface area contributed by atoms with Gasteiger partial charge in [-0.05, 0) is 24.6 Å². The van der Waals surface area contributed by atoms with Crippen molar-refractivity contribution >= 4 is 10.0 Å². The lowest BCUT2D eigenvalue weighted by Crippen LogP contribution is -2.35.